The van der Waals surface area contributed by atoms with Gasteiger partial charge in [-0.15, -0.1) is 0 Å². The molecule has 0 atom stereocenters. The average molecular weight is 246 g/mol. The second-order valence-electron chi connectivity index (χ2n) is 3.64. The van der Waals surface area contributed by atoms with E-state index in [4.69, 9.17) is 4.74 Å². The van der Waals surface area contributed by atoms with Gasteiger partial charge in [0.05, 0.1) is 4.92 Å². The zero-order chi connectivity index (χ0) is 13.1. The lowest BCUT2D eigenvalue weighted by Gasteiger charge is -2.04. The number of nitro benzene ring substituents is 1. The Morgan fingerprint density at radius 1 is 1.28 bits per heavy atom. The number of hydrogen-bond acceptors (Lipinski definition) is 4. The zero-order valence-corrected chi connectivity index (χ0v) is 9.57. The summed E-state index contributed by atoms with van der Waals surface area (Å²) in [5.74, 6) is -0.233. The minimum Gasteiger partial charge on any atom is -0.422 e. The summed E-state index contributed by atoms with van der Waals surface area (Å²) >= 11 is 0. The fraction of sp³-hybridized carbons (Fsp3) is 0.0833. The monoisotopic (exact) mass is 246 g/mol. The molecule has 6 heteroatoms. The Balaban J connectivity index is 2.13. The molecule has 0 aliphatic heterocycles. The van der Waals surface area contributed by atoms with Crippen molar-refractivity contribution in [3.63, 3.8) is 0 Å². The maximum atomic E-state index is 11.7. The number of non-ortho nitro benzene ring substituents is 1. The highest BCUT2D eigenvalue weighted by Crippen LogP contribution is 2.18. The number of hydrogen-bond donors (Lipinski definition) is 0. The van der Waals surface area contributed by atoms with E-state index in [0.717, 1.165) is 0 Å². The van der Waals surface area contributed by atoms with Crippen LogP contribution < -0.4 is 4.74 Å². The molecule has 0 saturated heterocycles. The second-order valence-corrected chi connectivity index (χ2v) is 3.64. The van der Waals surface area contributed by atoms with Crippen molar-refractivity contribution in [2.24, 2.45) is 7.05 Å². The van der Waals surface area contributed by atoms with E-state index in [9.17, 15) is 14.9 Å². The summed E-state index contributed by atoms with van der Waals surface area (Å²) in [7, 11) is 1.73. The number of aromatic nitrogens is 1. The molecule has 0 radical (unpaired) electrons. The van der Waals surface area contributed by atoms with Crippen molar-refractivity contribution in [1.82, 2.24) is 4.57 Å². The molecule has 0 fully saturated rings. The van der Waals surface area contributed by atoms with Gasteiger partial charge in [0.1, 0.15) is 11.4 Å². The maximum absolute atomic E-state index is 11.7. The Bertz CT molecular complexity index is 586. The van der Waals surface area contributed by atoms with Crippen LogP contribution in [-0.2, 0) is 7.05 Å². The van der Waals surface area contributed by atoms with Crippen molar-refractivity contribution in [2.45, 2.75) is 0 Å². The number of aryl methyl sites for hydroxylation is 1. The Kier molecular flexibility index (Phi) is 3.09. The first-order valence-electron chi connectivity index (χ1n) is 5.16. The topological polar surface area (TPSA) is 74.4 Å². The molecule has 0 unspecified atom stereocenters. The Labute approximate surface area is 103 Å². The number of ether oxygens (including phenoxy) is 1. The summed E-state index contributed by atoms with van der Waals surface area (Å²) in [4.78, 5) is 21.7. The number of carbonyl (C=O) groups is 1. The van der Waals surface area contributed by atoms with Gasteiger partial charge in [-0.25, -0.2) is 4.79 Å². The van der Waals surface area contributed by atoms with Gasteiger partial charge in [0.15, 0.2) is 0 Å². The van der Waals surface area contributed by atoms with Crippen LogP contribution in [0.15, 0.2) is 42.6 Å². The molecule has 0 bridgehead atoms. The summed E-state index contributed by atoms with van der Waals surface area (Å²) in [5.41, 5.74) is 0.363. The number of rotatable bonds is 3. The van der Waals surface area contributed by atoms with Gasteiger partial charge in [-0.05, 0) is 24.3 Å². The van der Waals surface area contributed by atoms with Crippen LogP contribution in [0.2, 0.25) is 0 Å². The van der Waals surface area contributed by atoms with Gasteiger partial charge in [0, 0.05) is 25.4 Å². The van der Waals surface area contributed by atoms with Crippen molar-refractivity contribution < 1.29 is 14.5 Å². The smallest absolute Gasteiger partial charge is 0.360 e. The predicted octanol–water partition coefficient (Wildman–Crippen LogP) is 2.15. The largest absolute Gasteiger partial charge is 0.422 e. The third kappa shape index (κ3) is 2.37. The van der Waals surface area contributed by atoms with Crippen LogP contribution in [0.4, 0.5) is 5.69 Å². The Morgan fingerprint density at radius 2 is 1.94 bits per heavy atom. The molecule has 0 N–H and O–H groups in total. The van der Waals surface area contributed by atoms with Crippen LogP contribution in [-0.4, -0.2) is 15.5 Å². The lowest BCUT2D eigenvalue weighted by molar-refractivity contribution is -0.384. The molecule has 92 valence electrons. The summed E-state index contributed by atoms with van der Waals surface area (Å²) in [6, 6.07) is 8.71. The predicted molar refractivity (Wildman–Crippen MR) is 63.5 cm³/mol. The molecule has 0 spiro atoms. The van der Waals surface area contributed by atoms with Crippen LogP contribution in [0, 0.1) is 10.1 Å². The summed E-state index contributed by atoms with van der Waals surface area (Å²) in [6.45, 7) is 0. The third-order valence-electron chi connectivity index (χ3n) is 2.41. The average Bonchev–Trinajstić information content (AvgIpc) is 2.76. The molecule has 18 heavy (non-hydrogen) atoms. The van der Waals surface area contributed by atoms with E-state index in [1.165, 1.54) is 24.3 Å². The number of carbonyl (C=O) groups excluding carboxylic acids is 1. The van der Waals surface area contributed by atoms with Gasteiger partial charge in [-0.2, -0.15) is 0 Å². The molecule has 0 aliphatic rings. The lowest BCUT2D eigenvalue weighted by Crippen LogP contribution is -2.12. The molecule has 2 rings (SSSR count). The van der Waals surface area contributed by atoms with Crippen LogP contribution in [0.25, 0.3) is 0 Å². The number of benzene rings is 1. The van der Waals surface area contributed by atoms with Gasteiger partial charge in [0.2, 0.25) is 0 Å². The van der Waals surface area contributed by atoms with Crippen molar-refractivity contribution in [2.75, 3.05) is 0 Å². The molecule has 1 aromatic heterocycles. The molecular formula is C12H10N2O4. The first kappa shape index (κ1) is 11.8. The number of esters is 1. The SMILES string of the molecule is Cn1cccc1C(=O)Oc1ccc([N+](=O)[O-])cc1. The summed E-state index contributed by atoms with van der Waals surface area (Å²) < 4.78 is 6.72. The maximum Gasteiger partial charge on any atom is 0.360 e. The highest BCUT2D eigenvalue weighted by molar-refractivity contribution is 5.89. The van der Waals surface area contributed by atoms with E-state index in [-0.39, 0.29) is 11.4 Å². The fourth-order valence-corrected chi connectivity index (χ4v) is 1.47. The highest BCUT2D eigenvalue weighted by atomic mass is 16.6. The van der Waals surface area contributed by atoms with E-state index >= 15 is 0 Å². The molecule has 1 aromatic carbocycles. The number of nitro groups is 1. The van der Waals surface area contributed by atoms with Crippen molar-refractivity contribution in [1.29, 1.82) is 0 Å². The van der Waals surface area contributed by atoms with E-state index in [2.05, 4.69) is 0 Å². The van der Waals surface area contributed by atoms with Gasteiger partial charge >= 0.3 is 5.97 Å². The molecule has 6 nitrogen and oxygen atoms in total. The van der Waals surface area contributed by atoms with E-state index in [1.54, 1.807) is 29.9 Å². The molecule has 0 amide bonds. The van der Waals surface area contributed by atoms with Gasteiger partial charge in [-0.1, -0.05) is 0 Å². The van der Waals surface area contributed by atoms with Crippen LogP contribution in [0.5, 0.6) is 5.75 Å². The van der Waals surface area contributed by atoms with Gasteiger partial charge in [0.25, 0.3) is 5.69 Å². The summed E-state index contributed by atoms with van der Waals surface area (Å²) in [5, 5.41) is 10.5. The Morgan fingerprint density at radius 3 is 2.44 bits per heavy atom. The zero-order valence-electron chi connectivity index (χ0n) is 9.57. The van der Waals surface area contributed by atoms with Crippen molar-refractivity contribution in [3.05, 3.63) is 58.4 Å². The first-order chi connectivity index (χ1) is 8.58. The van der Waals surface area contributed by atoms with E-state index in [1.807, 2.05) is 0 Å². The number of nitrogens with zero attached hydrogens (tertiary/aromatic N) is 2. The highest BCUT2D eigenvalue weighted by Gasteiger charge is 2.12. The minimum atomic E-state index is -0.511. The van der Waals surface area contributed by atoms with Crippen LogP contribution in [0.1, 0.15) is 10.5 Å². The summed E-state index contributed by atoms with van der Waals surface area (Å²) in [6.07, 6.45) is 1.73. The fourth-order valence-electron chi connectivity index (χ4n) is 1.47. The normalized spacial score (nSPS) is 10.1. The van der Waals surface area contributed by atoms with E-state index in [0.29, 0.717) is 5.69 Å². The van der Waals surface area contributed by atoms with Crippen LogP contribution >= 0.6 is 0 Å². The quantitative estimate of drug-likeness (QED) is 0.360. The van der Waals surface area contributed by atoms with Gasteiger partial charge < -0.3 is 9.30 Å². The second kappa shape index (κ2) is 4.70. The van der Waals surface area contributed by atoms with Crippen molar-refractivity contribution in [3.8, 4) is 5.75 Å². The molecule has 0 saturated carbocycles. The molecule has 0 aliphatic carbocycles. The molecule has 2 aromatic rings. The van der Waals surface area contributed by atoms with Gasteiger partial charge in [-0.3, -0.25) is 10.1 Å². The standard InChI is InChI=1S/C12H10N2O4/c1-13-8-2-3-11(13)12(15)18-10-6-4-9(5-7-10)14(16)17/h2-8H,1H3. The third-order valence-corrected chi connectivity index (χ3v) is 2.41. The lowest BCUT2D eigenvalue weighted by atomic mass is 10.3. The van der Waals surface area contributed by atoms with E-state index < -0.39 is 10.9 Å². The molecular weight excluding hydrogens is 236 g/mol. The minimum absolute atomic E-state index is 0.0475. The molecule has 1 heterocycles. The Hall–Kier alpha value is -2.63. The first-order valence-corrected chi connectivity index (χ1v) is 5.16. The van der Waals surface area contributed by atoms with Crippen LogP contribution in [0.3, 0.4) is 0 Å². The van der Waals surface area contributed by atoms with Crippen molar-refractivity contribution >= 4 is 11.7 Å².